The molecular weight excluding hydrogens is 398 g/mol. The third-order valence-electron chi connectivity index (χ3n) is 5.03. The summed E-state index contributed by atoms with van der Waals surface area (Å²) < 4.78 is 27.5. The fourth-order valence-electron chi connectivity index (χ4n) is 3.08. The lowest BCUT2D eigenvalue weighted by Gasteiger charge is -2.09. The number of pyridine rings is 1. The van der Waals surface area contributed by atoms with E-state index < -0.39 is 10.0 Å². The lowest BCUT2D eigenvalue weighted by atomic mass is 10.1. The Labute approximate surface area is 176 Å². The van der Waals surface area contributed by atoms with Crippen molar-refractivity contribution in [2.75, 3.05) is 11.9 Å². The molecule has 154 valence electrons. The van der Waals surface area contributed by atoms with E-state index in [4.69, 9.17) is 0 Å². The molecule has 1 aliphatic carbocycles. The van der Waals surface area contributed by atoms with Gasteiger partial charge in [-0.05, 0) is 78.8 Å². The van der Waals surface area contributed by atoms with Crippen molar-refractivity contribution in [2.24, 2.45) is 5.92 Å². The Kier molecular flexibility index (Phi) is 5.92. The van der Waals surface area contributed by atoms with E-state index in [0.717, 1.165) is 30.4 Å². The topological polar surface area (TPSA) is 88.2 Å². The number of carbonyl (C=O) groups excluding carboxylic acids is 1. The third kappa shape index (κ3) is 5.31. The van der Waals surface area contributed by atoms with E-state index in [2.05, 4.69) is 15.0 Å². The first-order valence-electron chi connectivity index (χ1n) is 9.88. The molecule has 1 aliphatic rings. The third-order valence-corrected chi connectivity index (χ3v) is 6.46. The Balaban J connectivity index is 1.41. The van der Waals surface area contributed by atoms with Gasteiger partial charge in [-0.25, -0.2) is 13.1 Å². The second kappa shape index (κ2) is 8.77. The normalized spacial score (nSPS) is 13.7. The second-order valence-electron chi connectivity index (χ2n) is 7.51. The second-order valence-corrected chi connectivity index (χ2v) is 9.27. The van der Waals surface area contributed by atoms with E-state index in [1.807, 2.05) is 36.4 Å². The van der Waals surface area contributed by atoms with Crippen LogP contribution >= 0.6 is 0 Å². The van der Waals surface area contributed by atoms with Crippen molar-refractivity contribution in [3.8, 4) is 0 Å². The molecule has 1 amide bonds. The number of benzene rings is 2. The molecule has 30 heavy (non-hydrogen) atoms. The standard InChI is InChI=1S/C23H23N3O3S/c27-23(20-2-1-3-22(15-20)30(28,29)25-16-19-4-5-19)26-21-8-6-17(7-9-21)14-18-10-12-24-13-11-18/h1-3,6-13,15,19,25H,4-5,14,16H2,(H,26,27). The van der Waals surface area contributed by atoms with Crippen molar-refractivity contribution >= 4 is 21.6 Å². The maximum atomic E-state index is 12.6. The molecule has 1 saturated carbocycles. The highest BCUT2D eigenvalue weighted by molar-refractivity contribution is 7.89. The van der Waals surface area contributed by atoms with Crippen LogP contribution in [0.15, 0.2) is 78.0 Å². The summed E-state index contributed by atoms with van der Waals surface area (Å²) in [5, 5.41) is 2.82. The van der Waals surface area contributed by atoms with Crippen LogP contribution in [0.3, 0.4) is 0 Å². The van der Waals surface area contributed by atoms with Gasteiger partial charge >= 0.3 is 0 Å². The summed E-state index contributed by atoms with van der Waals surface area (Å²) in [5.74, 6) is 0.0870. The number of hydrogen-bond donors (Lipinski definition) is 2. The molecular formula is C23H23N3O3S. The predicted octanol–water partition coefficient (Wildman–Crippen LogP) is 3.61. The van der Waals surface area contributed by atoms with Gasteiger partial charge < -0.3 is 5.32 Å². The summed E-state index contributed by atoms with van der Waals surface area (Å²) in [7, 11) is -3.61. The number of anilines is 1. The zero-order valence-electron chi connectivity index (χ0n) is 16.4. The van der Waals surface area contributed by atoms with E-state index in [9.17, 15) is 13.2 Å². The fourth-order valence-corrected chi connectivity index (χ4v) is 4.24. The molecule has 2 aromatic carbocycles. The maximum absolute atomic E-state index is 12.6. The first kappa shape index (κ1) is 20.3. The molecule has 7 heteroatoms. The molecule has 1 fully saturated rings. The highest BCUT2D eigenvalue weighted by Crippen LogP contribution is 2.28. The SMILES string of the molecule is O=C(Nc1ccc(Cc2ccncc2)cc1)c1cccc(S(=O)(=O)NCC2CC2)c1. The molecule has 0 saturated heterocycles. The molecule has 1 heterocycles. The van der Waals surface area contributed by atoms with Gasteiger partial charge in [0.05, 0.1) is 4.90 Å². The van der Waals surface area contributed by atoms with Gasteiger partial charge in [0.25, 0.3) is 5.91 Å². The van der Waals surface area contributed by atoms with Gasteiger partial charge in [0.15, 0.2) is 0 Å². The van der Waals surface area contributed by atoms with Gasteiger partial charge in [0, 0.05) is 30.2 Å². The van der Waals surface area contributed by atoms with Crippen molar-refractivity contribution in [1.29, 1.82) is 0 Å². The maximum Gasteiger partial charge on any atom is 0.255 e. The summed E-state index contributed by atoms with van der Waals surface area (Å²) in [6.07, 6.45) is 6.43. The van der Waals surface area contributed by atoms with Crippen molar-refractivity contribution in [3.05, 3.63) is 89.7 Å². The van der Waals surface area contributed by atoms with Crippen LogP contribution in [0.5, 0.6) is 0 Å². The lowest BCUT2D eigenvalue weighted by molar-refractivity contribution is 0.102. The smallest absolute Gasteiger partial charge is 0.255 e. The quantitative estimate of drug-likeness (QED) is 0.582. The highest BCUT2D eigenvalue weighted by atomic mass is 32.2. The number of nitrogens with zero attached hydrogens (tertiary/aromatic N) is 1. The van der Waals surface area contributed by atoms with E-state index in [-0.39, 0.29) is 10.8 Å². The molecule has 0 spiro atoms. The van der Waals surface area contributed by atoms with E-state index in [0.29, 0.717) is 23.7 Å². The summed E-state index contributed by atoms with van der Waals surface area (Å²) in [5.41, 5.74) is 3.23. The van der Waals surface area contributed by atoms with Crippen LogP contribution in [0, 0.1) is 5.92 Å². The van der Waals surface area contributed by atoms with Gasteiger partial charge in [0.2, 0.25) is 10.0 Å². The first-order chi connectivity index (χ1) is 14.5. The summed E-state index contributed by atoms with van der Waals surface area (Å²) >= 11 is 0. The molecule has 0 bridgehead atoms. The summed E-state index contributed by atoms with van der Waals surface area (Å²) in [4.78, 5) is 16.7. The van der Waals surface area contributed by atoms with Crippen LogP contribution in [-0.4, -0.2) is 25.9 Å². The van der Waals surface area contributed by atoms with E-state index in [1.54, 1.807) is 24.5 Å². The monoisotopic (exact) mass is 421 g/mol. The highest BCUT2D eigenvalue weighted by Gasteiger charge is 2.24. The number of sulfonamides is 1. The van der Waals surface area contributed by atoms with Crippen molar-refractivity contribution in [1.82, 2.24) is 9.71 Å². The van der Waals surface area contributed by atoms with Crippen LogP contribution in [0.4, 0.5) is 5.69 Å². The largest absolute Gasteiger partial charge is 0.322 e. The van der Waals surface area contributed by atoms with Gasteiger partial charge in [-0.15, -0.1) is 0 Å². The lowest BCUT2D eigenvalue weighted by Crippen LogP contribution is -2.26. The zero-order chi connectivity index (χ0) is 21.0. The zero-order valence-corrected chi connectivity index (χ0v) is 17.2. The van der Waals surface area contributed by atoms with Crippen molar-refractivity contribution < 1.29 is 13.2 Å². The number of hydrogen-bond acceptors (Lipinski definition) is 4. The van der Waals surface area contributed by atoms with E-state index in [1.165, 1.54) is 12.1 Å². The molecule has 6 nitrogen and oxygen atoms in total. The Morgan fingerprint density at radius 1 is 0.967 bits per heavy atom. The molecule has 0 unspecified atom stereocenters. The molecule has 0 atom stereocenters. The van der Waals surface area contributed by atoms with E-state index >= 15 is 0 Å². The van der Waals surface area contributed by atoms with Crippen LogP contribution in [-0.2, 0) is 16.4 Å². The number of amides is 1. The minimum atomic E-state index is -3.61. The summed E-state index contributed by atoms with van der Waals surface area (Å²) in [6.45, 7) is 0.449. The Hall–Kier alpha value is -3.03. The molecule has 2 N–H and O–H groups in total. The van der Waals surface area contributed by atoms with Gasteiger partial charge in [0.1, 0.15) is 0 Å². The Bertz CT molecular complexity index is 1130. The fraction of sp³-hybridized carbons (Fsp3) is 0.217. The first-order valence-corrected chi connectivity index (χ1v) is 11.4. The number of rotatable bonds is 8. The predicted molar refractivity (Wildman–Crippen MR) is 116 cm³/mol. The average molecular weight is 422 g/mol. The Morgan fingerprint density at radius 3 is 2.37 bits per heavy atom. The minimum absolute atomic E-state index is 0.100. The summed E-state index contributed by atoms with van der Waals surface area (Å²) in [6, 6.07) is 17.6. The Morgan fingerprint density at radius 2 is 1.67 bits per heavy atom. The van der Waals surface area contributed by atoms with Crippen molar-refractivity contribution in [2.45, 2.75) is 24.2 Å². The molecule has 4 rings (SSSR count). The van der Waals surface area contributed by atoms with Gasteiger partial charge in [-0.1, -0.05) is 18.2 Å². The molecule has 0 radical (unpaired) electrons. The van der Waals surface area contributed by atoms with Crippen LogP contribution in [0.25, 0.3) is 0 Å². The van der Waals surface area contributed by atoms with Crippen molar-refractivity contribution in [3.63, 3.8) is 0 Å². The van der Waals surface area contributed by atoms with Gasteiger partial charge in [-0.3, -0.25) is 9.78 Å². The number of aromatic nitrogens is 1. The van der Waals surface area contributed by atoms with Crippen LogP contribution in [0.2, 0.25) is 0 Å². The molecule has 3 aromatic rings. The average Bonchev–Trinajstić information content (AvgIpc) is 3.59. The number of carbonyl (C=O) groups is 1. The van der Waals surface area contributed by atoms with Crippen LogP contribution in [0.1, 0.15) is 34.3 Å². The number of nitrogens with one attached hydrogen (secondary N) is 2. The van der Waals surface area contributed by atoms with Crippen LogP contribution < -0.4 is 10.0 Å². The van der Waals surface area contributed by atoms with Gasteiger partial charge in [-0.2, -0.15) is 0 Å². The molecule has 0 aliphatic heterocycles. The minimum Gasteiger partial charge on any atom is -0.322 e. The molecule has 1 aromatic heterocycles.